The van der Waals surface area contributed by atoms with Gasteiger partial charge in [0, 0.05) is 42.7 Å². The molecule has 1 saturated carbocycles. The van der Waals surface area contributed by atoms with Crippen molar-refractivity contribution >= 4 is 11.8 Å². The van der Waals surface area contributed by atoms with Crippen LogP contribution >= 0.6 is 11.8 Å². The van der Waals surface area contributed by atoms with Gasteiger partial charge in [0.25, 0.3) is 0 Å². The van der Waals surface area contributed by atoms with Crippen molar-refractivity contribution in [2.45, 2.75) is 63.3 Å². The predicted molar refractivity (Wildman–Crippen MR) is 77.8 cm³/mol. The third kappa shape index (κ3) is 4.15. The summed E-state index contributed by atoms with van der Waals surface area (Å²) in [5.74, 6) is 1.33. The molecule has 2 unspecified atom stereocenters. The van der Waals surface area contributed by atoms with Crippen LogP contribution in [0.2, 0.25) is 0 Å². The number of rotatable bonds is 5. The van der Waals surface area contributed by atoms with Crippen molar-refractivity contribution in [3.63, 3.8) is 0 Å². The van der Waals surface area contributed by atoms with Gasteiger partial charge in [0.2, 0.25) is 0 Å². The summed E-state index contributed by atoms with van der Waals surface area (Å²) >= 11 is 2.17. The molecule has 0 aromatic rings. The molecule has 2 rings (SSSR count). The molecule has 0 aromatic heterocycles. The summed E-state index contributed by atoms with van der Waals surface area (Å²) in [7, 11) is 0. The highest BCUT2D eigenvalue weighted by Crippen LogP contribution is 2.22. The fourth-order valence-electron chi connectivity index (χ4n) is 2.99. The van der Waals surface area contributed by atoms with Crippen LogP contribution in [0.15, 0.2) is 0 Å². The lowest BCUT2D eigenvalue weighted by Crippen LogP contribution is -2.48. The van der Waals surface area contributed by atoms with E-state index >= 15 is 0 Å². The van der Waals surface area contributed by atoms with Crippen molar-refractivity contribution < 1.29 is 0 Å². The molecule has 3 heteroatoms. The Hall–Kier alpha value is 0.270. The Balaban J connectivity index is 1.68. The van der Waals surface area contributed by atoms with Crippen LogP contribution in [-0.4, -0.2) is 47.6 Å². The summed E-state index contributed by atoms with van der Waals surface area (Å²) in [5, 5.41) is 4.64. The predicted octanol–water partition coefficient (Wildman–Crippen LogP) is 2.73. The smallest absolute Gasteiger partial charge is 0.0193 e. The molecule has 1 heterocycles. The van der Waals surface area contributed by atoms with Gasteiger partial charge < -0.3 is 5.32 Å². The first-order valence-corrected chi connectivity index (χ1v) is 8.43. The molecular weight excluding hydrogens is 228 g/mol. The van der Waals surface area contributed by atoms with Crippen LogP contribution in [0.1, 0.15) is 46.0 Å². The van der Waals surface area contributed by atoms with E-state index in [-0.39, 0.29) is 0 Å². The Labute approximate surface area is 111 Å². The molecule has 0 amide bonds. The van der Waals surface area contributed by atoms with Gasteiger partial charge in [-0.1, -0.05) is 19.8 Å². The van der Waals surface area contributed by atoms with Crippen LogP contribution < -0.4 is 5.32 Å². The van der Waals surface area contributed by atoms with Crippen molar-refractivity contribution in [2.75, 3.05) is 25.4 Å². The zero-order valence-corrected chi connectivity index (χ0v) is 12.3. The van der Waals surface area contributed by atoms with Crippen LogP contribution in [-0.2, 0) is 0 Å². The van der Waals surface area contributed by atoms with Crippen molar-refractivity contribution in [3.8, 4) is 0 Å². The zero-order valence-electron chi connectivity index (χ0n) is 11.5. The largest absolute Gasteiger partial charge is 0.312 e. The summed E-state index contributed by atoms with van der Waals surface area (Å²) in [5.41, 5.74) is 0. The molecule has 2 atom stereocenters. The second-order valence-corrected chi connectivity index (χ2v) is 7.04. The van der Waals surface area contributed by atoms with E-state index in [0.717, 1.165) is 11.3 Å². The van der Waals surface area contributed by atoms with Crippen molar-refractivity contribution in [3.05, 3.63) is 0 Å². The lowest BCUT2D eigenvalue weighted by molar-refractivity contribution is 0.206. The van der Waals surface area contributed by atoms with Gasteiger partial charge >= 0.3 is 0 Å². The van der Waals surface area contributed by atoms with Crippen LogP contribution in [0.3, 0.4) is 0 Å². The number of hydrogen-bond donors (Lipinski definition) is 1. The van der Waals surface area contributed by atoms with Gasteiger partial charge in [-0.15, -0.1) is 0 Å². The first kappa shape index (κ1) is 13.7. The van der Waals surface area contributed by atoms with Gasteiger partial charge in [-0.2, -0.15) is 11.8 Å². The molecule has 2 fully saturated rings. The topological polar surface area (TPSA) is 15.3 Å². The molecule has 2 nitrogen and oxygen atoms in total. The van der Waals surface area contributed by atoms with E-state index in [2.05, 4.69) is 35.8 Å². The molecule has 1 aliphatic heterocycles. The highest BCUT2D eigenvalue weighted by Gasteiger charge is 2.23. The van der Waals surface area contributed by atoms with Crippen LogP contribution in [0.25, 0.3) is 0 Å². The average molecular weight is 256 g/mol. The van der Waals surface area contributed by atoms with Gasteiger partial charge in [0.1, 0.15) is 0 Å². The summed E-state index contributed by atoms with van der Waals surface area (Å²) in [6.45, 7) is 8.49. The van der Waals surface area contributed by atoms with Gasteiger partial charge in [0.05, 0.1) is 0 Å². The monoisotopic (exact) mass is 256 g/mol. The summed E-state index contributed by atoms with van der Waals surface area (Å²) < 4.78 is 0. The first-order chi connectivity index (χ1) is 8.29. The molecular formula is C14H28N2S. The third-order valence-electron chi connectivity index (χ3n) is 4.31. The van der Waals surface area contributed by atoms with E-state index in [1.807, 2.05) is 0 Å². The standard InChI is InChI=1S/C14H28N2S/c1-3-14-11-16(8-9-17-14)12(2)10-15-13-6-4-5-7-13/h12-15H,3-11H2,1-2H3. The van der Waals surface area contributed by atoms with Gasteiger partial charge in [-0.3, -0.25) is 4.90 Å². The lowest BCUT2D eigenvalue weighted by atomic mass is 10.2. The SMILES string of the molecule is CCC1CN(C(C)CNC2CCCC2)CCS1. The maximum absolute atomic E-state index is 3.76. The second kappa shape index (κ2) is 7.01. The Kier molecular flexibility index (Phi) is 5.64. The molecule has 0 radical (unpaired) electrons. The van der Waals surface area contributed by atoms with Crippen molar-refractivity contribution in [1.29, 1.82) is 0 Å². The number of thioether (sulfide) groups is 1. The number of hydrogen-bond acceptors (Lipinski definition) is 3. The number of nitrogens with one attached hydrogen (secondary N) is 1. The minimum Gasteiger partial charge on any atom is -0.312 e. The molecule has 2 aliphatic rings. The minimum absolute atomic E-state index is 0.713. The third-order valence-corrected chi connectivity index (χ3v) is 5.68. The van der Waals surface area contributed by atoms with E-state index < -0.39 is 0 Å². The molecule has 0 bridgehead atoms. The normalized spacial score (nSPS) is 29.6. The minimum atomic E-state index is 0.713. The lowest BCUT2D eigenvalue weighted by Gasteiger charge is -2.36. The van der Waals surface area contributed by atoms with E-state index in [0.29, 0.717) is 6.04 Å². The summed E-state index contributed by atoms with van der Waals surface area (Å²) in [6, 6.07) is 1.53. The van der Waals surface area contributed by atoms with E-state index in [1.54, 1.807) is 0 Å². The average Bonchev–Trinajstić information content (AvgIpc) is 2.89. The highest BCUT2D eigenvalue weighted by molar-refractivity contribution is 8.00. The molecule has 1 saturated heterocycles. The van der Waals surface area contributed by atoms with E-state index in [1.165, 1.54) is 57.5 Å². The molecule has 100 valence electrons. The zero-order chi connectivity index (χ0) is 12.1. The molecule has 0 aromatic carbocycles. The molecule has 1 aliphatic carbocycles. The fourth-order valence-corrected chi connectivity index (χ4v) is 4.19. The van der Waals surface area contributed by atoms with E-state index in [4.69, 9.17) is 0 Å². The quantitative estimate of drug-likeness (QED) is 0.814. The molecule has 0 spiro atoms. The Bertz CT molecular complexity index is 216. The molecule has 17 heavy (non-hydrogen) atoms. The Morgan fingerprint density at radius 1 is 1.35 bits per heavy atom. The first-order valence-electron chi connectivity index (χ1n) is 7.38. The fraction of sp³-hybridized carbons (Fsp3) is 1.00. The van der Waals surface area contributed by atoms with Gasteiger partial charge in [-0.25, -0.2) is 0 Å². The van der Waals surface area contributed by atoms with E-state index in [9.17, 15) is 0 Å². The van der Waals surface area contributed by atoms with Crippen LogP contribution in [0, 0.1) is 0 Å². The second-order valence-electron chi connectivity index (χ2n) is 5.63. The van der Waals surface area contributed by atoms with Crippen molar-refractivity contribution in [2.24, 2.45) is 0 Å². The maximum Gasteiger partial charge on any atom is 0.0193 e. The maximum atomic E-state index is 3.76. The number of nitrogens with zero attached hydrogens (tertiary/aromatic N) is 1. The summed E-state index contributed by atoms with van der Waals surface area (Å²) in [6.07, 6.45) is 7.00. The molecule has 1 N–H and O–H groups in total. The Morgan fingerprint density at radius 2 is 2.12 bits per heavy atom. The van der Waals surface area contributed by atoms with Crippen molar-refractivity contribution in [1.82, 2.24) is 10.2 Å². The van der Waals surface area contributed by atoms with Crippen LogP contribution in [0.4, 0.5) is 0 Å². The highest BCUT2D eigenvalue weighted by atomic mass is 32.2. The van der Waals surface area contributed by atoms with Gasteiger partial charge in [0.15, 0.2) is 0 Å². The summed E-state index contributed by atoms with van der Waals surface area (Å²) in [4.78, 5) is 2.69. The Morgan fingerprint density at radius 3 is 2.82 bits per heavy atom. The van der Waals surface area contributed by atoms with Crippen LogP contribution in [0.5, 0.6) is 0 Å². The van der Waals surface area contributed by atoms with Gasteiger partial charge in [-0.05, 0) is 26.2 Å².